The molecule has 2 heterocycles. The number of hydrogen-bond donors (Lipinski definition) is 1. The summed E-state index contributed by atoms with van der Waals surface area (Å²) in [5, 5.41) is 7.52. The maximum atomic E-state index is 11.9. The molecule has 1 N–H and O–H groups in total. The number of aromatic nitrogens is 2. The van der Waals surface area contributed by atoms with E-state index in [1.54, 1.807) is 31.5 Å². The highest BCUT2D eigenvalue weighted by molar-refractivity contribution is 7.94. The Hall–Kier alpha value is -2.05. The molecular weight excluding hydrogens is 264 g/mol. The molecule has 0 amide bonds. The minimum Gasteiger partial charge on any atom is -0.422 e. The SMILES string of the molecule is COSc1ccc2cc(-c3cc[nH]n3)c(=O)oc2c1. The molecule has 96 valence electrons. The van der Waals surface area contributed by atoms with Gasteiger partial charge < -0.3 is 8.60 Å². The van der Waals surface area contributed by atoms with Crippen molar-refractivity contribution in [1.29, 1.82) is 0 Å². The second kappa shape index (κ2) is 4.91. The van der Waals surface area contributed by atoms with Gasteiger partial charge in [0, 0.05) is 28.5 Å². The summed E-state index contributed by atoms with van der Waals surface area (Å²) in [6.45, 7) is 0. The quantitative estimate of drug-likeness (QED) is 0.587. The number of aromatic amines is 1. The van der Waals surface area contributed by atoms with E-state index >= 15 is 0 Å². The van der Waals surface area contributed by atoms with Crippen molar-refractivity contribution in [3.05, 3.63) is 46.9 Å². The molecule has 1 aromatic carbocycles. The zero-order valence-electron chi connectivity index (χ0n) is 10.0. The van der Waals surface area contributed by atoms with Crippen molar-refractivity contribution in [3.63, 3.8) is 0 Å². The van der Waals surface area contributed by atoms with Gasteiger partial charge in [-0.25, -0.2) is 4.79 Å². The summed E-state index contributed by atoms with van der Waals surface area (Å²) in [4.78, 5) is 12.8. The van der Waals surface area contributed by atoms with Crippen LogP contribution in [0.4, 0.5) is 0 Å². The molecule has 0 spiro atoms. The van der Waals surface area contributed by atoms with Gasteiger partial charge in [-0.1, -0.05) is 6.07 Å². The summed E-state index contributed by atoms with van der Waals surface area (Å²) >= 11 is 1.22. The van der Waals surface area contributed by atoms with Crippen LogP contribution >= 0.6 is 12.0 Å². The predicted octanol–water partition coefficient (Wildman–Crippen LogP) is 2.84. The van der Waals surface area contributed by atoms with Crippen LogP contribution in [0.15, 0.2) is 50.6 Å². The van der Waals surface area contributed by atoms with Crippen LogP contribution in [0.1, 0.15) is 0 Å². The number of nitrogens with one attached hydrogen (secondary N) is 1. The third-order valence-electron chi connectivity index (χ3n) is 2.66. The second-order valence-electron chi connectivity index (χ2n) is 3.86. The third kappa shape index (κ3) is 2.27. The maximum Gasteiger partial charge on any atom is 0.345 e. The minimum atomic E-state index is -0.404. The van der Waals surface area contributed by atoms with Gasteiger partial charge in [0.2, 0.25) is 0 Å². The van der Waals surface area contributed by atoms with E-state index < -0.39 is 5.63 Å². The highest BCUT2D eigenvalue weighted by Gasteiger charge is 2.10. The summed E-state index contributed by atoms with van der Waals surface area (Å²) in [7, 11) is 1.59. The molecule has 0 saturated heterocycles. The molecule has 6 heteroatoms. The lowest BCUT2D eigenvalue weighted by atomic mass is 10.1. The molecule has 0 unspecified atom stereocenters. The van der Waals surface area contributed by atoms with Crippen molar-refractivity contribution in [1.82, 2.24) is 10.2 Å². The van der Waals surface area contributed by atoms with Gasteiger partial charge >= 0.3 is 5.63 Å². The lowest BCUT2D eigenvalue weighted by molar-refractivity contribution is 0.489. The van der Waals surface area contributed by atoms with E-state index in [0.717, 1.165) is 10.3 Å². The Morgan fingerprint density at radius 2 is 2.21 bits per heavy atom. The normalized spacial score (nSPS) is 11.0. The number of rotatable bonds is 3. The molecule has 0 aliphatic heterocycles. The summed E-state index contributed by atoms with van der Waals surface area (Å²) in [5.74, 6) is 0. The zero-order chi connectivity index (χ0) is 13.2. The summed E-state index contributed by atoms with van der Waals surface area (Å²) in [5.41, 5.74) is 1.15. The summed E-state index contributed by atoms with van der Waals surface area (Å²) in [6.07, 6.45) is 1.66. The van der Waals surface area contributed by atoms with Gasteiger partial charge in [0.05, 0.1) is 18.4 Å². The van der Waals surface area contributed by atoms with Crippen molar-refractivity contribution in [2.75, 3.05) is 7.11 Å². The van der Waals surface area contributed by atoms with Gasteiger partial charge in [-0.2, -0.15) is 5.10 Å². The molecule has 5 nitrogen and oxygen atoms in total. The van der Waals surface area contributed by atoms with E-state index in [2.05, 4.69) is 10.2 Å². The first-order valence-electron chi connectivity index (χ1n) is 5.56. The molecule has 0 aliphatic rings. The zero-order valence-corrected chi connectivity index (χ0v) is 10.9. The van der Waals surface area contributed by atoms with Crippen LogP contribution in [0, 0.1) is 0 Å². The first-order valence-corrected chi connectivity index (χ1v) is 6.31. The van der Waals surface area contributed by atoms with Gasteiger partial charge in [-0.15, -0.1) is 0 Å². The standard InChI is InChI=1S/C13H10N2O3S/c1-17-19-9-3-2-8-6-10(11-4-5-14-15-11)13(16)18-12(8)7-9/h2-7H,1H3,(H,14,15). The number of fused-ring (bicyclic) bond motifs is 1. The van der Waals surface area contributed by atoms with Crippen LogP contribution in [0.25, 0.3) is 22.2 Å². The topological polar surface area (TPSA) is 68.1 Å². The van der Waals surface area contributed by atoms with E-state index in [0.29, 0.717) is 16.8 Å². The molecule has 3 aromatic rings. The third-order valence-corrected chi connectivity index (χ3v) is 3.28. The van der Waals surface area contributed by atoms with Gasteiger partial charge in [0.15, 0.2) is 0 Å². The van der Waals surface area contributed by atoms with Crippen LogP contribution in [0.2, 0.25) is 0 Å². The average molecular weight is 274 g/mol. The molecule has 3 rings (SSSR count). The van der Waals surface area contributed by atoms with E-state index in [4.69, 9.17) is 8.60 Å². The van der Waals surface area contributed by atoms with Gasteiger partial charge in [-0.05, 0) is 24.3 Å². The van der Waals surface area contributed by atoms with Crippen LogP contribution in [0.5, 0.6) is 0 Å². The Morgan fingerprint density at radius 3 is 2.95 bits per heavy atom. The van der Waals surface area contributed by atoms with Gasteiger partial charge in [0.25, 0.3) is 0 Å². The number of hydrogen-bond acceptors (Lipinski definition) is 5. The number of benzene rings is 1. The summed E-state index contributed by atoms with van der Waals surface area (Å²) < 4.78 is 10.3. The molecule has 19 heavy (non-hydrogen) atoms. The van der Waals surface area contributed by atoms with Crippen LogP contribution < -0.4 is 5.63 Å². The van der Waals surface area contributed by atoms with Gasteiger partial charge in [0.1, 0.15) is 5.58 Å². The number of nitrogens with zero attached hydrogens (tertiary/aromatic N) is 1. The molecule has 0 aliphatic carbocycles. The lowest BCUT2D eigenvalue weighted by Gasteiger charge is -2.02. The van der Waals surface area contributed by atoms with Gasteiger partial charge in [-0.3, -0.25) is 5.10 Å². The first kappa shape index (κ1) is 12.0. The molecule has 2 aromatic heterocycles. The summed E-state index contributed by atoms with van der Waals surface area (Å²) in [6, 6.07) is 9.08. The molecular formula is C13H10N2O3S. The Morgan fingerprint density at radius 1 is 1.32 bits per heavy atom. The minimum absolute atomic E-state index is 0.404. The Labute approximate surface area is 112 Å². The van der Waals surface area contributed by atoms with Crippen LogP contribution in [-0.2, 0) is 4.18 Å². The van der Waals surface area contributed by atoms with Crippen molar-refractivity contribution >= 4 is 23.0 Å². The monoisotopic (exact) mass is 274 g/mol. The molecule has 0 saturated carbocycles. The Bertz CT molecular complexity index is 765. The van der Waals surface area contributed by atoms with Crippen molar-refractivity contribution in [2.24, 2.45) is 0 Å². The molecule has 0 fully saturated rings. The maximum absolute atomic E-state index is 11.9. The number of H-pyrrole nitrogens is 1. The van der Waals surface area contributed by atoms with E-state index in [-0.39, 0.29) is 0 Å². The van der Waals surface area contributed by atoms with Crippen molar-refractivity contribution in [2.45, 2.75) is 4.90 Å². The van der Waals surface area contributed by atoms with E-state index in [9.17, 15) is 4.79 Å². The lowest BCUT2D eigenvalue weighted by Crippen LogP contribution is -2.02. The highest BCUT2D eigenvalue weighted by atomic mass is 32.2. The molecule has 0 atom stereocenters. The Balaban J connectivity index is 2.16. The van der Waals surface area contributed by atoms with Crippen molar-refractivity contribution in [3.8, 4) is 11.3 Å². The predicted molar refractivity (Wildman–Crippen MR) is 72.9 cm³/mol. The Kier molecular flexibility index (Phi) is 3.10. The molecule has 0 bridgehead atoms. The average Bonchev–Trinajstić information content (AvgIpc) is 2.92. The largest absolute Gasteiger partial charge is 0.422 e. The fraction of sp³-hybridized carbons (Fsp3) is 0.0769. The molecule has 0 radical (unpaired) electrons. The first-order chi connectivity index (χ1) is 9.28. The smallest absolute Gasteiger partial charge is 0.345 e. The highest BCUT2D eigenvalue weighted by Crippen LogP contribution is 2.25. The van der Waals surface area contributed by atoms with E-state index in [1.165, 1.54) is 12.0 Å². The van der Waals surface area contributed by atoms with Crippen LogP contribution in [-0.4, -0.2) is 17.3 Å². The second-order valence-corrected chi connectivity index (χ2v) is 4.83. The van der Waals surface area contributed by atoms with Crippen LogP contribution in [0.3, 0.4) is 0 Å². The fourth-order valence-electron chi connectivity index (χ4n) is 1.83. The van der Waals surface area contributed by atoms with E-state index in [1.807, 2.05) is 12.1 Å². The fourth-order valence-corrected chi connectivity index (χ4v) is 2.30. The van der Waals surface area contributed by atoms with Crippen molar-refractivity contribution < 1.29 is 8.60 Å².